The summed E-state index contributed by atoms with van der Waals surface area (Å²) in [5.74, 6) is -1.08. The molecule has 0 saturated heterocycles. The van der Waals surface area contributed by atoms with Crippen LogP contribution in [0.1, 0.15) is 18.4 Å². The van der Waals surface area contributed by atoms with Gasteiger partial charge in [-0.1, -0.05) is 6.08 Å². The topological polar surface area (TPSA) is 46.5 Å². The summed E-state index contributed by atoms with van der Waals surface area (Å²) < 4.78 is 42.1. The number of carboxylic acid groups (broad SMARTS) is 1. The summed E-state index contributed by atoms with van der Waals surface area (Å²) in [4.78, 5) is 10.9. The van der Waals surface area contributed by atoms with Gasteiger partial charge in [0.25, 0.3) is 0 Å². The van der Waals surface area contributed by atoms with E-state index in [9.17, 15) is 18.0 Å². The molecule has 0 fully saturated rings. The Hall–Kier alpha value is -1.98. The molecule has 3 nitrogen and oxygen atoms in total. The fourth-order valence-electron chi connectivity index (χ4n) is 1.39. The molecule has 19 heavy (non-hydrogen) atoms. The van der Waals surface area contributed by atoms with Crippen LogP contribution in [0, 0.1) is 0 Å². The Morgan fingerprint density at radius 2 is 1.95 bits per heavy atom. The first-order chi connectivity index (χ1) is 8.84. The Bertz CT molecular complexity index is 437. The number of allylic oxidation sites excluding steroid dienone is 1. The molecule has 0 aliphatic carbocycles. The van der Waals surface area contributed by atoms with Crippen molar-refractivity contribution in [3.8, 4) is 5.75 Å². The van der Waals surface area contributed by atoms with Gasteiger partial charge in [0.2, 0.25) is 0 Å². The van der Waals surface area contributed by atoms with Crippen LogP contribution in [0.15, 0.2) is 36.9 Å². The van der Waals surface area contributed by atoms with E-state index >= 15 is 0 Å². The van der Waals surface area contributed by atoms with Gasteiger partial charge >= 0.3 is 12.1 Å². The second kappa shape index (κ2) is 6.26. The summed E-state index contributed by atoms with van der Waals surface area (Å²) >= 11 is 0. The van der Waals surface area contributed by atoms with Gasteiger partial charge in [-0.15, -0.1) is 6.58 Å². The van der Waals surface area contributed by atoms with Gasteiger partial charge in [0.05, 0.1) is 5.56 Å². The second-order valence-electron chi connectivity index (χ2n) is 3.83. The largest absolute Gasteiger partial charge is 0.479 e. The van der Waals surface area contributed by atoms with E-state index < -0.39 is 23.8 Å². The van der Waals surface area contributed by atoms with Crippen LogP contribution < -0.4 is 4.74 Å². The van der Waals surface area contributed by atoms with Crippen molar-refractivity contribution in [3.05, 3.63) is 42.5 Å². The highest BCUT2D eigenvalue weighted by atomic mass is 19.4. The highest BCUT2D eigenvalue weighted by molar-refractivity contribution is 5.72. The Morgan fingerprint density at radius 3 is 2.37 bits per heavy atom. The van der Waals surface area contributed by atoms with Crippen LogP contribution in [-0.2, 0) is 11.0 Å². The molecule has 1 unspecified atom stereocenters. The number of hydrogen-bond donors (Lipinski definition) is 1. The van der Waals surface area contributed by atoms with Crippen molar-refractivity contribution >= 4 is 5.97 Å². The third kappa shape index (κ3) is 4.65. The molecule has 0 aliphatic heterocycles. The minimum Gasteiger partial charge on any atom is -0.479 e. The maximum atomic E-state index is 12.3. The first-order valence-electron chi connectivity index (χ1n) is 5.52. The quantitative estimate of drug-likeness (QED) is 0.807. The zero-order valence-electron chi connectivity index (χ0n) is 9.98. The van der Waals surface area contributed by atoms with Gasteiger partial charge in [-0.2, -0.15) is 13.2 Å². The van der Waals surface area contributed by atoms with E-state index in [-0.39, 0.29) is 12.2 Å². The van der Waals surface area contributed by atoms with Crippen LogP contribution in [-0.4, -0.2) is 17.2 Å². The number of carboxylic acids is 1. The third-order valence-electron chi connectivity index (χ3n) is 2.37. The van der Waals surface area contributed by atoms with Crippen LogP contribution in [0.3, 0.4) is 0 Å². The number of carbonyl (C=O) groups is 1. The molecule has 1 aromatic rings. The summed E-state index contributed by atoms with van der Waals surface area (Å²) in [7, 11) is 0. The molecule has 0 spiro atoms. The lowest BCUT2D eigenvalue weighted by atomic mass is 10.2. The van der Waals surface area contributed by atoms with Gasteiger partial charge in [-0.25, -0.2) is 4.79 Å². The summed E-state index contributed by atoms with van der Waals surface area (Å²) in [6.45, 7) is 3.46. The summed E-state index contributed by atoms with van der Waals surface area (Å²) in [5.41, 5.74) is -0.808. The molecule has 0 heterocycles. The standard InChI is InChI=1S/C13H13F3O3/c1-2-3-4-11(12(17)18)19-10-7-5-9(6-8-10)13(14,15)16/h2,5-8,11H,1,3-4H2,(H,17,18). The molecule has 0 radical (unpaired) electrons. The van der Waals surface area contributed by atoms with E-state index in [4.69, 9.17) is 9.84 Å². The van der Waals surface area contributed by atoms with E-state index in [1.54, 1.807) is 6.08 Å². The number of benzene rings is 1. The van der Waals surface area contributed by atoms with E-state index in [1.165, 1.54) is 0 Å². The maximum Gasteiger partial charge on any atom is 0.416 e. The second-order valence-corrected chi connectivity index (χ2v) is 3.83. The SMILES string of the molecule is C=CCCC(Oc1ccc(C(F)(F)F)cc1)C(=O)O. The average molecular weight is 274 g/mol. The molecule has 104 valence electrons. The predicted octanol–water partition coefficient (Wildman–Crippen LogP) is 3.50. The Labute approximate surface area is 108 Å². The number of ether oxygens (including phenoxy) is 1. The number of halogens is 3. The molecule has 0 saturated carbocycles. The van der Waals surface area contributed by atoms with E-state index in [0.29, 0.717) is 6.42 Å². The normalized spacial score (nSPS) is 12.8. The minimum absolute atomic E-state index is 0.0875. The van der Waals surface area contributed by atoms with Gasteiger partial charge in [0, 0.05) is 0 Å². The van der Waals surface area contributed by atoms with Crippen molar-refractivity contribution in [2.24, 2.45) is 0 Å². The number of alkyl halides is 3. The third-order valence-corrected chi connectivity index (χ3v) is 2.37. The zero-order valence-corrected chi connectivity index (χ0v) is 9.98. The molecule has 0 aliphatic rings. The Balaban J connectivity index is 2.75. The summed E-state index contributed by atoms with van der Waals surface area (Å²) in [6, 6.07) is 3.91. The van der Waals surface area contributed by atoms with Crippen molar-refractivity contribution in [1.29, 1.82) is 0 Å². The maximum absolute atomic E-state index is 12.3. The zero-order chi connectivity index (χ0) is 14.5. The number of rotatable bonds is 6. The lowest BCUT2D eigenvalue weighted by molar-refractivity contribution is -0.145. The van der Waals surface area contributed by atoms with Gasteiger partial charge in [-0.05, 0) is 37.1 Å². The molecule has 1 rings (SSSR count). The average Bonchev–Trinajstić information content (AvgIpc) is 2.33. The van der Waals surface area contributed by atoms with Crippen LogP contribution in [0.4, 0.5) is 13.2 Å². The highest BCUT2D eigenvalue weighted by Gasteiger charge is 2.30. The molecule has 6 heteroatoms. The van der Waals surface area contributed by atoms with Gasteiger partial charge < -0.3 is 9.84 Å². The molecule has 0 amide bonds. The molecule has 1 aromatic carbocycles. The van der Waals surface area contributed by atoms with Crippen molar-refractivity contribution in [3.63, 3.8) is 0 Å². The van der Waals surface area contributed by atoms with Crippen molar-refractivity contribution < 1.29 is 27.8 Å². The molecule has 0 bridgehead atoms. The van der Waals surface area contributed by atoms with Crippen LogP contribution >= 0.6 is 0 Å². The summed E-state index contributed by atoms with van der Waals surface area (Å²) in [6.07, 6.45) is -3.33. The number of hydrogen-bond acceptors (Lipinski definition) is 2. The first-order valence-corrected chi connectivity index (χ1v) is 5.52. The molecular weight excluding hydrogens is 261 g/mol. The first kappa shape index (κ1) is 15.1. The fraction of sp³-hybridized carbons (Fsp3) is 0.308. The van der Waals surface area contributed by atoms with Gasteiger partial charge in [-0.3, -0.25) is 0 Å². The smallest absolute Gasteiger partial charge is 0.416 e. The molecule has 1 atom stereocenters. The lowest BCUT2D eigenvalue weighted by Crippen LogP contribution is -2.26. The van der Waals surface area contributed by atoms with Crippen LogP contribution in [0.25, 0.3) is 0 Å². The van der Waals surface area contributed by atoms with Gasteiger partial charge in [0.1, 0.15) is 5.75 Å². The van der Waals surface area contributed by atoms with E-state index in [0.717, 1.165) is 24.3 Å². The van der Waals surface area contributed by atoms with Crippen molar-refractivity contribution in [1.82, 2.24) is 0 Å². The fourth-order valence-corrected chi connectivity index (χ4v) is 1.39. The van der Waals surface area contributed by atoms with E-state index in [1.807, 2.05) is 0 Å². The monoisotopic (exact) mass is 274 g/mol. The van der Waals surface area contributed by atoms with Gasteiger partial charge in [0.15, 0.2) is 6.10 Å². The van der Waals surface area contributed by atoms with Crippen molar-refractivity contribution in [2.75, 3.05) is 0 Å². The van der Waals surface area contributed by atoms with Crippen LogP contribution in [0.5, 0.6) is 5.75 Å². The Kier molecular flexibility index (Phi) is 4.97. The predicted molar refractivity (Wildman–Crippen MR) is 62.9 cm³/mol. The highest BCUT2D eigenvalue weighted by Crippen LogP contribution is 2.30. The Morgan fingerprint density at radius 1 is 1.37 bits per heavy atom. The van der Waals surface area contributed by atoms with Crippen LogP contribution in [0.2, 0.25) is 0 Å². The molecule has 0 aromatic heterocycles. The lowest BCUT2D eigenvalue weighted by Gasteiger charge is -2.15. The van der Waals surface area contributed by atoms with E-state index in [2.05, 4.69) is 6.58 Å². The molecular formula is C13H13F3O3. The summed E-state index contributed by atoms with van der Waals surface area (Å²) in [5, 5.41) is 8.91. The van der Waals surface area contributed by atoms with Crippen molar-refractivity contribution in [2.45, 2.75) is 25.1 Å². The number of aliphatic carboxylic acids is 1. The minimum atomic E-state index is -4.42. The molecule has 1 N–H and O–H groups in total.